The number of benzene rings is 2. The second kappa shape index (κ2) is 4.15. The van der Waals surface area contributed by atoms with Gasteiger partial charge in [0.2, 0.25) is 0 Å². The minimum Gasteiger partial charge on any atom is -0.398 e. The molecule has 2 heteroatoms. The van der Waals surface area contributed by atoms with Crippen molar-refractivity contribution < 1.29 is 0 Å². The molecule has 2 nitrogen and oxygen atoms in total. The molecule has 0 radical (unpaired) electrons. The van der Waals surface area contributed by atoms with Crippen molar-refractivity contribution in [1.82, 2.24) is 0 Å². The fourth-order valence-corrected chi connectivity index (χ4v) is 1.69. The van der Waals surface area contributed by atoms with Crippen molar-refractivity contribution in [3.63, 3.8) is 0 Å². The highest BCUT2D eigenvalue weighted by Gasteiger charge is 1.99. The van der Waals surface area contributed by atoms with E-state index in [1.54, 1.807) is 0 Å². The molecular weight excluding hydrogens is 184 g/mol. The highest BCUT2D eigenvalue weighted by Crippen LogP contribution is 2.25. The number of fused-ring (bicyclic) bond motifs is 1. The molecule has 0 heterocycles. The maximum atomic E-state index is 5.90. The van der Waals surface area contributed by atoms with E-state index in [4.69, 9.17) is 11.5 Å². The van der Waals surface area contributed by atoms with Crippen LogP contribution in [0.5, 0.6) is 0 Å². The zero-order valence-electron chi connectivity index (χ0n) is 8.48. The zero-order chi connectivity index (χ0) is 10.7. The highest BCUT2D eigenvalue weighted by molar-refractivity contribution is 5.98. The number of hydrogen-bond acceptors (Lipinski definition) is 2. The Bertz CT molecular complexity index is 501. The lowest BCUT2D eigenvalue weighted by molar-refractivity contribution is 1.26. The van der Waals surface area contributed by atoms with Gasteiger partial charge in [0.1, 0.15) is 0 Å². The molecule has 2 rings (SSSR count). The standard InChI is InChI=1S/C13H14N2/c14-9-3-4-10-7-8-13(15)12-6-2-1-5-11(10)12/h1-8H,9,14-15H2. The maximum absolute atomic E-state index is 5.90. The van der Waals surface area contributed by atoms with Crippen molar-refractivity contribution >= 4 is 22.5 Å². The van der Waals surface area contributed by atoms with Crippen LogP contribution in [-0.4, -0.2) is 6.54 Å². The van der Waals surface area contributed by atoms with Gasteiger partial charge < -0.3 is 11.5 Å². The molecule has 0 atom stereocenters. The van der Waals surface area contributed by atoms with Crippen LogP contribution in [0, 0.1) is 0 Å². The van der Waals surface area contributed by atoms with Crippen molar-refractivity contribution in [2.45, 2.75) is 0 Å². The first-order valence-electron chi connectivity index (χ1n) is 4.97. The monoisotopic (exact) mass is 198 g/mol. The first kappa shape index (κ1) is 9.74. The summed E-state index contributed by atoms with van der Waals surface area (Å²) in [6, 6.07) is 12.1. The van der Waals surface area contributed by atoms with Gasteiger partial charge in [0, 0.05) is 17.6 Å². The quantitative estimate of drug-likeness (QED) is 0.728. The van der Waals surface area contributed by atoms with Gasteiger partial charge in [0.05, 0.1) is 0 Å². The van der Waals surface area contributed by atoms with Gasteiger partial charge in [-0.05, 0) is 17.0 Å². The second-order valence-corrected chi connectivity index (χ2v) is 3.43. The molecule has 0 unspecified atom stereocenters. The summed E-state index contributed by atoms with van der Waals surface area (Å²) in [5, 5.41) is 2.26. The van der Waals surface area contributed by atoms with Gasteiger partial charge in [-0.1, -0.05) is 42.5 Å². The van der Waals surface area contributed by atoms with Gasteiger partial charge >= 0.3 is 0 Å². The van der Waals surface area contributed by atoms with Crippen molar-refractivity contribution in [3.8, 4) is 0 Å². The average Bonchev–Trinajstić information content (AvgIpc) is 2.29. The van der Waals surface area contributed by atoms with E-state index in [1.807, 2.05) is 42.5 Å². The Kier molecular flexibility index (Phi) is 2.70. The Balaban J connectivity index is 2.66. The van der Waals surface area contributed by atoms with Gasteiger partial charge in [-0.2, -0.15) is 0 Å². The summed E-state index contributed by atoms with van der Waals surface area (Å²) < 4.78 is 0. The Hall–Kier alpha value is -1.80. The summed E-state index contributed by atoms with van der Waals surface area (Å²) >= 11 is 0. The Labute approximate surface area is 89.2 Å². The van der Waals surface area contributed by atoms with Crippen LogP contribution in [0.1, 0.15) is 5.56 Å². The van der Waals surface area contributed by atoms with E-state index >= 15 is 0 Å². The Morgan fingerprint density at radius 2 is 1.73 bits per heavy atom. The first-order chi connectivity index (χ1) is 7.33. The molecule has 0 aliphatic heterocycles. The van der Waals surface area contributed by atoms with Gasteiger partial charge in [-0.3, -0.25) is 0 Å². The van der Waals surface area contributed by atoms with E-state index in [0.29, 0.717) is 6.54 Å². The highest BCUT2D eigenvalue weighted by atomic mass is 14.5. The van der Waals surface area contributed by atoms with Crippen molar-refractivity contribution in [2.24, 2.45) is 5.73 Å². The Morgan fingerprint density at radius 1 is 1.00 bits per heavy atom. The van der Waals surface area contributed by atoms with Crippen molar-refractivity contribution in [1.29, 1.82) is 0 Å². The van der Waals surface area contributed by atoms with Gasteiger partial charge in [-0.25, -0.2) is 0 Å². The van der Waals surface area contributed by atoms with Crippen LogP contribution in [-0.2, 0) is 0 Å². The maximum Gasteiger partial charge on any atom is 0.0394 e. The summed E-state index contributed by atoms with van der Waals surface area (Å²) in [5.74, 6) is 0. The third-order valence-corrected chi connectivity index (χ3v) is 2.43. The fraction of sp³-hybridized carbons (Fsp3) is 0.0769. The largest absolute Gasteiger partial charge is 0.398 e. The van der Waals surface area contributed by atoms with Crippen molar-refractivity contribution in [3.05, 3.63) is 48.0 Å². The van der Waals surface area contributed by atoms with Crippen LogP contribution in [0.4, 0.5) is 5.69 Å². The number of anilines is 1. The molecule has 0 saturated heterocycles. The van der Waals surface area contributed by atoms with Crippen LogP contribution in [0.2, 0.25) is 0 Å². The van der Waals surface area contributed by atoms with Gasteiger partial charge in [-0.15, -0.1) is 0 Å². The first-order valence-corrected chi connectivity index (χ1v) is 4.97. The molecule has 15 heavy (non-hydrogen) atoms. The molecule has 0 aliphatic rings. The molecular formula is C13H14N2. The average molecular weight is 198 g/mol. The van der Waals surface area contributed by atoms with Crippen LogP contribution >= 0.6 is 0 Å². The van der Waals surface area contributed by atoms with E-state index < -0.39 is 0 Å². The van der Waals surface area contributed by atoms with E-state index in [2.05, 4.69) is 6.07 Å². The SMILES string of the molecule is NCC=Cc1ccc(N)c2ccccc12. The molecule has 2 aromatic carbocycles. The number of nitrogens with two attached hydrogens (primary N) is 2. The minimum absolute atomic E-state index is 0.554. The summed E-state index contributed by atoms with van der Waals surface area (Å²) in [4.78, 5) is 0. The van der Waals surface area contributed by atoms with Gasteiger partial charge in [0.25, 0.3) is 0 Å². The normalized spacial score (nSPS) is 11.3. The number of rotatable bonds is 2. The molecule has 0 bridgehead atoms. The molecule has 4 N–H and O–H groups in total. The third-order valence-electron chi connectivity index (χ3n) is 2.43. The number of nitrogen functional groups attached to an aromatic ring is 1. The lowest BCUT2D eigenvalue weighted by Crippen LogP contribution is -1.92. The molecule has 0 amide bonds. The Morgan fingerprint density at radius 3 is 2.47 bits per heavy atom. The second-order valence-electron chi connectivity index (χ2n) is 3.43. The summed E-state index contributed by atoms with van der Waals surface area (Å²) in [6.45, 7) is 0.554. The molecule has 2 aromatic rings. The minimum atomic E-state index is 0.554. The smallest absolute Gasteiger partial charge is 0.0394 e. The number of hydrogen-bond donors (Lipinski definition) is 2. The molecule has 0 fully saturated rings. The molecule has 0 saturated carbocycles. The summed E-state index contributed by atoms with van der Waals surface area (Å²) in [6.07, 6.45) is 3.97. The van der Waals surface area contributed by atoms with E-state index in [9.17, 15) is 0 Å². The predicted molar refractivity (Wildman–Crippen MR) is 66.4 cm³/mol. The third kappa shape index (κ3) is 1.85. The topological polar surface area (TPSA) is 52.0 Å². The molecule has 0 spiro atoms. The van der Waals surface area contributed by atoms with Gasteiger partial charge in [0.15, 0.2) is 0 Å². The molecule has 0 aromatic heterocycles. The predicted octanol–water partition coefficient (Wildman–Crippen LogP) is 2.39. The fourth-order valence-electron chi connectivity index (χ4n) is 1.69. The van der Waals surface area contributed by atoms with Crippen LogP contribution in [0.3, 0.4) is 0 Å². The summed E-state index contributed by atoms with van der Waals surface area (Å²) in [7, 11) is 0. The molecule has 76 valence electrons. The van der Waals surface area contributed by atoms with Crippen molar-refractivity contribution in [2.75, 3.05) is 12.3 Å². The van der Waals surface area contributed by atoms with Crippen LogP contribution in [0.25, 0.3) is 16.8 Å². The van der Waals surface area contributed by atoms with Crippen LogP contribution < -0.4 is 11.5 Å². The molecule has 0 aliphatic carbocycles. The zero-order valence-corrected chi connectivity index (χ0v) is 8.48. The van der Waals surface area contributed by atoms with Crippen LogP contribution in [0.15, 0.2) is 42.5 Å². The van der Waals surface area contributed by atoms with E-state index in [-0.39, 0.29) is 0 Å². The van der Waals surface area contributed by atoms with E-state index in [0.717, 1.165) is 16.6 Å². The van der Waals surface area contributed by atoms with E-state index in [1.165, 1.54) is 5.39 Å². The lowest BCUT2D eigenvalue weighted by atomic mass is 10.0. The summed E-state index contributed by atoms with van der Waals surface area (Å²) in [5.41, 5.74) is 13.3. The lowest BCUT2D eigenvalue weighted by Gasteiger charge is -2.05.